The van der Waals surface area contributed by atoms with Crippen molar-refractivity contribution in [3.8, 4) is 5.75 Å². The number of imidazole rings is 1. The third-order valence-corrected chi connectivity index (χ3v) is 5.60. The summed E-state index contributed by atoms with van der Waals surface area (Å²) >= 11 is 0. The highest BCUT2D eigenvalue weighted by atomic mass is 16.5. The zero-order valence-corrected chi connectivity index (χ0v) is 17.1. The molecule has 1 aliphatic heterocycles. The number of hydrogen-bond acceptors (Lipinski definition) is 4. The molecule has 3 aromatic rings. The van der Waals surface area contributed by atoms with E-state index < -0.39 is 0 Å². The van der Waals surface area contributed by atoms with E-state index in [4.69, 9.17) is 9.72 Å². The summed E-state index contributed by atoms with van der Waals surface area (Å²) in [5.74, 6) is 3.27. The smallest absolute Gasteiger partial charge is 0.159 e. The summed E-state index contributed by atoms with van der Waals surface area (Å²) in [6.45, 7) is 8.21. The SMILES string of the molecule is CC(C)COc1ccccc1C1CCN(Cc2nc3cccnc3n2C)CC1. The van der Waals surface area contributed by atoms with Gasteiger partial charge in [-0.2, -0.15) is 0 Å². The van der Waals surface area contributed by atoms with Gasteiger partial charge < -0.3 is 9.30 Å². The van der Waals surface area contributed by atoms with E-state index in [9.17, 15) is 0 Å². The van der Waals surface area contributed by atoms with Crippen molar-refractivity contribution >= 4 is 11.2 Å². The van der Waals surface area contributed by atoms with Gasteiger partial charge in [-0.05, 0) is 61.5 Å². The van der Waals surface area contributed by atoms with E-state index in [1.807, 2.05) is 18.3 Å². The summed E-state index contributed by atoms with van der Waals surface area (Å²) < 4.78 is 8.21. The summed E-state index contributed by atoms with van der Waals surface area (Å²) in [5, 5.41) is 0. The fraction of sp³-hybridized carbons (Fsp3) is 0.478. The minimum Gasteiger partial charge on any atom is -0.493 e. The van der Waals surface area contributed by atoms with Crippen LogP contribution in [0.25, 0.3) is 11.2 Å². The lowest BCUT2D eigenvalue weighted by Gasteiger charge is -2.32. The van der Waals surface area contributed by atoms with Crippen LogP contribution in [0.3, 0.4) is 0 Å². The van der Waals surface area contributed by atoms with E-state index in [-0.39, 0.29) is 0 Å². The second kappa shape index (κ2) is 8.31. The van der Waals surface area contributed by atoms with Crippen molar-refractivity contribution in [2.45, 2.75) is 39.2 Å². The largest absolute Gasteiger partial charge is 0.493 e. The number of aromatic nitrogens is 3. The van der Waals surface area contributed by atoms with Crippen LogP contribution in [-0.4, -0.2) is 39.1 Å². The third-order valence-electron chi connectivity index (χ3n) is 5.60. The van der Waals surface area contributed by atoms with Crippen LogP contribution >= 0.6 is 0 Å². The molecule has 3 heterocycles. The Kier molecular flexibility index (Phi) is 5.62. The van der Waals surface area contributed by atoms with E-state index in [1.54, 1.807) is 0 Å². The number of rotatable bonds is 6. The molecular formula is C23H30N4O. The fourth-order valence-corrected chi connectivity index (χ4v) is 4.02. The second-order valence-corrected chi connectivity index (χ2v) is 8.23. The lowest BCUT2D eigenvalue weighted by atomic mass is 9.89. The molecule has 5 heteroatoms. The first-order chi connectivity index (χ1) is 13.6. The Morgan fingerprint density at radius 1 is 1.11 bits per heavy atom. The Bertz CT molecular complexity index is 925. The Morgan fingerprint density at radius 2 is 1.89 bits per heavy atom. The molecule has 2 aromatic heterocycles. The maximum Gasteiger partial charge on any atom is 0.159 e. The average molecular weight is 379 g/mol. The first-order valence-corrected chi connectivity index (χ1v) is 10.3. The van der Waals surface area contributed by atoms with Crippen LogP contribution in [-0.2, 0) is 13.6 Å². The highest BCUT2D eigenvalue weighted by molar-refractivity contribution is 5.70. The molecule has 1 aromatic carbocycles. The van der Waals surface area contributed by atoms with Crippen LogP contribution in [0.1, 0.15) is 44.0 Å². The molecule has 0 atom stereocenters. The number of nitrogens with zero attached hydrogens (tertiary/aromatic N) is 4. The van der Waals surface area contributed by atoms with Gasteiger partial charge in [-0.1, -0.05) is 32.0 Å². The van der Waals surface area contributed by atoms with Crippen molar-refractivity contribution in [3.63, 3.8) is 0 Å². The number of piperidine rings is 1. The highest BCUT2D eigenvalue weighted by Crippen LogP contribution is 2.34. The topological polar surface area (TPSA) is 43.2 Å². The highest BCUT2D eigenvalue weighted by Gasteiger charge is 2.24. The van der Waals surface area contributed by atoms with Gasteiger partial charge in [0.1, 0.15) is 17.1 Å². The van der Waals surface area contributed by atoms with Crippen molar-refractivity contribution in [1.82, 2.24) is 19.4 Å². The standard InChI is InChI=1S/C23H30N4O/c1-17(2)16-28-21-9-5-4-7-19(21)18-10-13-27(14-11-18)15-22-25-20-8-6-12-24-23(20)26(22)3/h4-9,12,17-18H,10-11,13-16H2,1-3H3. The third kappa shape index (κ3) is 4.04. The quantitative estimate of drug-likeness (QED) is 0.638. The predicted octanol–water partition coefficient (Wildman–Crippen LogP) is 4.38. The first-order valence-electron chi connectivity index (χ1n) is 10.3. The van der Waals surface area contributed by atoms with E-state index in [2.05, 4.69) is 59.6 Å². The zero-order chi connectivity index (χ0) is 19.5. The number of fused-ring (bicyclic) bond motifs is 1. The Balaban J connectivity index is 1.40. The molecule has 0 N–H and O–H groups in total. The molecule has 0 saturated carbocycles. The molecule has 28 heavy (non-hydrogen) atoms. The molecule has 148 valence electrons. The van der Waals surface area contributed by atoms with Crippen molar-refractivity contribution in [2.75, 3.05) is 19.7 Å². The van der Waals surface area contributed by atoms with Gasteiger partial charge in [-0.25, -0.2) is 9.97 Å². The Hall–Kier alpha value is -2.40. The molecule has 4 rings (SSSR count). The number of aryl methyl sites for hydroxylation is 1. The van der Waals surface area contributed by atoms with Crippen LogP contribution < -0.4 is 4.74 Å². The summed E-state index contributed by atoms with van der Waals surface area (Å²) in [6.07, 6.45) is 4.15. The van der Waals surface area contributed by atoms with Gasteiger partial charge in [-0.15, -0.1) is 0 Å². The molecule has 0 amide bonds. The Labute approximate surface area is 167 Å². The van der Waals surface area contributed by atoms with Gasteiger partial charge in [0.05, 0.1) is 13.2 Å². The van der Waals surface area contributed by atoms with E-state index in [0.717, 1.165) is 61.8 Å². The number of pyridine rings is 1. The van der Waals surface area contributed by atoms with Crippen LogP contribution in [0.2, 0.25) is 0 Å². The molecule has 0 bridgehead atoms. The minimum absolute atomic E-state index is 0.540. The summed E-state index contributed by atoms with van der Waals surface area (Å²) in [4.78, 5) is 11.7. The molecule has 0 aliphatic carbocycles. The summed E-state index contributed by atoms with van der Waals surface area (Å²) in [5.41, 5.74) is 3.31. The van der Waals surface area contributed by atoms with Crippen molar-refractivity contribution in [3.05, 3.63) is 54.0 Å². The number of para-hydroxylation sites is 1. The van der Waals surface area contributed by atoms with Gasteiger partial charge in [0.2, 0.25) is 0 Å². The number of benzene rings is 1. The van der Waals surface area contributed by atoms with E-state index in [0.29, 0.717) is 11.8 Å². The van der Waals surface area contributed by atoms with Crippen molar-refractivity contribution in [1.29, 1.82) is 0 Å². The first kappa shape index (κ1) is 18.9. The summed E-state index contributed by atoms with van der Waals surface area (Å²) in [6, 6.07) is 12.6. The van der Waals surface area contributed by atoms with Gasteiger partial charge >= 0.3 is 0 Å². The molecule has 1 aliphatic rings. The zero-order valence-electron chi connectivity index (χ0n) is 17.1. The van der Waals surface area contributed by atoms with Crippen molar-refractivity contribution < 1.29 is 4.74 Å². The van der Waals surface area contributed by atoms with Gasteiger partial charge in [-0.3, -0.25) is 4.90 Å². The lowest BCUT2D eigenvalue weighted by Crippen LogP contribution is -2.33. The molecular weight excluding hydrogens is 348 g/mol. The van der Waals surface area contributed by atoms with E-state index in [1.165, 1.54) is 5.56 Å². The normalized spacial score (nSPS) is 16.1. The van der Waals surface area contributed by atoms with Crippen LogP contribution in [0, 0.1) is 5.92 Å². The Morgan fingerprint density at radius 3 is 2.64 bits per heavy atom. The fourth-order valence-electron chi connectivity index (χ4n) is 4.02. The molecule has 1 saturated heterocycles. The summed E-state index contributed by atoms with van der Waals surface area (Å²) in [7, 11) is 2.06. The molecule has 5 nitrogen and oxygen atoms in total. The second-order valence-electron chi connectivity index (χ2n) is 8.23. The van der Waals surface area contributed by atoms with Crippen LogP contribution in [0.15, 0.2) is 42.6 Å². The van der Waals surface area contributed by atoms with E-state index >= 15 is 0 Å². The number of likely N-dealkylation sites (tertiary alicyclic amines) is 1. The molecule has 0 radical (unpaired) electrons. The van der Waals surface area contributed by atoms with Crippen molar-refractivity contribution in [2.24, 2.45) is 13.0 Å². The van der Waals surface area contributed by atoms with Gasteiger partial charge in [0, 0.05) is 13.2 Å². The molecule has 0 unspecified atom stereocenters. The van der Waals surface area contributed by atoms with Crippen LogP contribution in [0.4, 0.5) is 0 Å². The average Bonchev–Trinajstić information content (AvgIpc) is 3.03. The molecule has 1 fully saturated rings. The van der Waals surface area contributed by atoms with Crippen LogP contribution in [0.5, 0.6) is 5.75 Å². The molecule has 0 spiro atoms. The predicted molar refractivity (Wildman–Crippen MR) is 113 cm³/mol. The lowest BCUT2D eigenvalue weighted by molar-refractivity contribution is 0.195. The number of hydrogen-bond donors (Lipinski definition) is 0. The van der Waals surface area contributed by atoms with Gasteiger partial charge in [0.15, 0.2) is 5.65 Å². The monoisotopic (exact) mass is 378 g/mol. The minimum atomic E-state index is 0.540. The maximum absolute atomic E-state index is 6.09. The van der Waals surface area contributed by atoms with Gasteiger partial charge in [0.25, 0.3) is 0 Å². The maximum atomic E-state index is 6.09. The number of ether oxygens (including phenoxy) is 1.